The second-order valence-electron chi connectivity index (χ2n) is 3.21. The summed E-state index contributed by atoms with van der Waals surface area (Å²) in [5, 5.41) is 5.66. The number of carbonyl (C=O) groups is 1. The second-order valence-corrected chi connectivity index (χ2v) is 3.21. The summed E-state index contributed by atoms with van der Waals surface area (Å²) in [6.07, 6.45) is 2.95. The fourth-order valence-electron chi connectivity index (χ4n) is 1.11. The third-order valence-electron chi connectivity index (χ3n) is 1.92. The highest BCUT2D eigenvalue weighted by atomic mass is 16.5. The molecule has 0 aliphatic heterocycles. The van der Waals surface area contributed by atoms with E-state index >= 15 is 0 Å². The van der Waals surface area contributed by atoms with Gasteiger partial charge in [0.25, 0.3) is 5.91 Å². The Labute approximate surface area is 100 Å². The van der Waals surface area contributed by atoms with Gasteiger partial charge < -0.3 is 15.4 Å². The van der Waals surface area contributed by atoms with Gasteiger partial charge in [0, 0.05) is 26.3 Å². The molecule has 0 radical (unpaired) electrons. The first-order chi connectivity index (χ1) is 8.27. The summed E-state index contributed by atoms with van der Waals surface area (Å²) in [5.41, 5.74) is 0.321. The first-order valence-electron chi connectivity index (χ1n) is 5.22. The van der Waals surface area contributed by atoms with Crippen LogP contribution >= 0.6 is 0 Å². The topological polar surface area (TPSA) is 76.1 Å². The van der Waals surface area contributed by atoms with E-state index in [0.717, 1.165) is 0 Å². The van der Waals surface area contributed by atoms with E-state index in [1.54, 1.807) is 19.3 Å². The number of ether oxygens (including phenoxy) is 1. The third kappa shape index (κ3) is 4.60. The number of anilines is 1. The van der Waals surface area contributed by atoms with Crippen LogP contribution in [0.2, 0.25) is 0 Å². The van der Waals surface area contributed by atoms with Gasteiger partial charge in [-0.25, -0.2) is 9.97 Å². The normalized spacial score (nSPS) is 9.71. The molecular formula is C11H16N4O2. The van der Waals surface area contributed by atoms with E-state index in [1.165, 1.54) is 6.33 Å². The van der Waals surface area contributed by atoms with Crippen LogP contribution in [0.5, 0.6) is 0 Å². The molecule has 0 spiro atoms. The monoisotopic (exact) mass is 236 g/mol. The molecule has 1 aromatic heterocycles. The van der Waals surface area contributed by atoms with E-state index in [0.29, 0.717) is 31.2 Å². The van der Waals surface area contributed by atoms with Gasteiger partial charge in [-0.1, -0.05) is 6.08 Å². The maximum atomic E-state index is 11.6. The fourth-order valence-corrected chi connectivity index (χ4v) is 1.11. The summed E-state index contributed by atoms with van der Waals surface area (Å²) in [6, 6.07) is 1.59. The van der Waals surface area contributed by atoms with Crippen LogP contribution in [0, 0.1) is 0 Å². The summed E-state index contributed by atoms with van der Waals surface area (Å²) in [4.78, 5) is 19.5. The second kappa shape index (κ2) is 7.34. The molecule has 0 aromatic carbocycles. The van der Waals surface area contributed by atoms with Crippen LogP contribution in [0.3, 0.4) is 0 Å². The van der Waals surface area contributed by atoms with Gasteiger partial charge in [-0.05, 0) is 0 Å². The highest BCUT2D eigenvalue weighted by Crippen LogP contribution is 2.03. The highest BCUT2D eigenvalue weighted by Gasteiger charge is 2.06. The Morgan fingerprint density at radius 2 is 2.41 bits per heavy atom. The molecule has 1 aromatic rings. The van der Waals surface area contributed by atoms with E-state index in [1.807, 2.05) is 0 Å². The van der Waals surface area contributed by atoms with Gasteiger partial charge in [-0.15, -0.1) is 6.58 Å². The van der Waals surface area contributed by atoms with Gasteiger partial charge in [0.1, 0.15) is 17.8 Å². The SMILES string of the molecule is C=CCNC(=O)c1cc(NCCOC)ncn1. The number of methoxy groups -OCH3 is 1. The molecule has 0 fully saturated rings. The minimum absolute atomic E-state index is 0.248. The van der Waals surface area contributed by atoms with E-state index in [9.17, 15) is 4.79 Å². The number of rotatable bonds is 7. The molecule has 1 heterocycles. The van der Waals surface area contributed by atoms with E-state index in [4.69, 9.17) is 4.74 Å². The minimum atomic E-state index is -0.248. The van der Waals surface area contributed by atoms with Crippen LogP contribution in [0.15, 0.2) is 25.0 Å². The van der Waals surface area contributed by atoms with Gasteiger partial charge >= 0.3 is 0 Å². The van der Waals surface area contributed by atoms with Crippen molar-refractivity contribution < 1.29 is 9.53 Å². The van der Waals surface area contributed by atoms with Crippen molar-refractivity contribution in [3.8, 4) is 0 Å². The maximum absolute atomic E-state index is 11.6. The average molecular weight is 236 g/mol. The number of hydrogen-bond donors (Lipinski definition) is 2. The van der Waals surface area contributed by atoms with E-state index in [-0.39, 0.29) is 5.91 Å². The van der Waals surface area contributed by atoms with Crippen molar-refractivity contribution in [2.75, 3.05) is 32.1 Å². The van der Waals surface area contributed by atoms with Crippen LogP contribution in [0.4, 0.5) is 5.82 Å². The van der Waals surface area contributed by atoms with Gasteiger partial charge in [-0.3, -0.25) is 4.79 Å². The lowest BCUT2D eigenvalue weighted by Crippen LogP contribution is -2.24. The molecule has 6 heteroatoms. The Morgan fingerprint density at radius 1 is 1.59 bits per heavy atom. The standard InChI is InChI=1S/C11H16N4O2/c1-3-4-13-11(16)9-7-10(15-8-14-9)12-5-6-17-2/h3,7-8H,1,4-6H2,2H3,(H,13,16)(H,12,14,15). The van der Waals surface area contributed by atoms with Crippen LogP contribution in [0.1, 0.15) is 10.5 Å². The number of carbonyl (C=O) groups excluding carboxylic acids is 1. The molecule has 0 atom stereocenters. The van der Waals surface area contributed by atoms with Crippen molar-refractivity contribution >= 4 is 11.7 Å². The Hall–Kier alpha value is -1.95. The number of amides is 1. The van der Waals surface area contributed by atoms with Crippen molar-refractivity contribution in [2.24, 2.45) is 0 Å². The van der Waals surface area contributed by atoms with E-state index < -0.39 is 0 Å². The lowest BCUT2D eigenvalue weighted by molar-refractivity contribution is 0.0953. The van der Waals surface area contributed by atoms with Crippen LogP contribution in [0.25, 0.3) is 0 Å². The summed E-state index contributed by atoms with van der Waals surface area (Å²) in [6.45, 7) is 5.13. The highest BCUT2D eigenvalue weighted by molar-refractivity contribution is 5.92. The Bertz CT molecular complexity index is 381. The molecule has 0 unspecified atom stereocenters. The zero-order chi connectivity index (χ0) is 12.5. The summed E-state index contributed by atoms with van der Waals surface area (Å²) < 4.78 is 4.90. The Kier molecular flexibility index (Phi) is 5.67. The summed E-state index contributed by atoms with van der Waals surface area (Å²) in [7, 11) is 1.62. The third-order valence-corrected chi connectivity index (χ3v) is 1.92. The fraction of sp³-hybridized carbons (Fsp3) is 0.364. The molecule has 1 amide bonds. The van der Waals surface area contributed by atoms with Crippen LogP contribution in [-0.4, -0.2) is 42.7 Å². The average Bonchev–Trinajstić information content (AvgIpc) is 2.36. The summed E-state index contributed by atoms with van der Waals surface area (Å²) >= 11 is 0. The van der Waals surface area contributed by atoms with Crippen molar-refractivity contribution in [3.05, 3.63) is 30.7 Å². The largest absolute Gasteiger partial charge is 0.383 e. The molecule has 0 bridgehead atoms. The molecule has 6 nitrogen and oxygen atoms in total. The lowest BCUT2D eigenvalue weighted by atomic mass is 10.3. The van der Waals surface area contributed by atoms with Crippen molar-refractivity contribution in [2.45, 2.75) is 0 Å². The first kappa shape index (κ1) is 13.1. The zero-order valence-corrected chi connectivity index (χ0v) is 9.77. The van der Waals surface area contributed by atoms with Gasteiger partial charge in [-0.2, -0.15) is 0 Å². The summed E-state index contributed by atoms with van der Waals surface area (Å²) in [5.74, 6) is 0.350. The molecule has 92 valence electrons. The van der Waals surface area contributed by atoms with Gasteiger partial charge in [0.05, 0.1) is 6.61 Å². The molecular weight excluding hydrogens is 220 g/mol. The molecule has 1 rings (SSSR count). The maximum Gasteiger partial charge on any atom is 0.270 e. The molecule has 0 saturated heterocycles. The van der Waals surface area contributed by atoms with Crippen LogP contribution in [-0.2, 0) is 4.74 Å². The first-order valence-corrected chi connectivity index (χ1v) is 5.22. The number of nitrogens with zero attached hydrogens (tertiary/aromatic N) is 2. The predicted molar refractivity (Wildman–Crippen MR) is 64.9 cm³/mol. The Balaban J connectivity index is 2.58. The lowest BCUT2D eigenvalue weighted by Gasteiger charge is -2.06. The molecule has 0 saturated carbocycles. The van der Waals surface area contributed by atoms with Crippen molar-refractivity contribution in [1.82, 2.24) is 15.3 Å². The van der Waals surface area contributed by atoms with Crippen molar-refractivity contribution in [3.63, 3.8) is 0 Å². The number of hydrogen-bond acceptors (Lipinski definition) is 5. The Morgan fingerprint density at radius 3 is 3.12 bits per heavy atom. The van der Waals surface area contributed by atoms with Gasteiger partial charge in [0.2, 0.25) is 0 Å². The van der Waals surface area contributed by atoms with Crippen LogP contribution < -0.4 is 10.6 Å². The number of aromatic nitrogens is 2. The van der Waals surface area contributed by atoms with Crippen molar-refractivity contribution in [1.29, 1.82) is 0 Å². The molecule has 17 heavy (non-hydrogen) atoms. The predicted octanol–water partition coefficient (Wildman–Crippen LogP) is 0.451. The quantitative estimate of drug-likeness (QED) is 0.531. The molecule has 2 N–H and O–H groups in total. The molecule has 0 aliphatic carbocycles. The number of nitrogens with one attached hydrogen (secondary N) is 2. The smallest absolute Gasteiger partial charge is 0.270 e. The minimum Gasteiger partial charge on any atom is -0.383 e. The zero-order valence-electron chi connectivity index (χ0n) is 9.77. The van der Waals surface area contributed by atoms with Gasteiger partial charge in [0.15, 0.2) is 0 Å². The van der Waals surface area contributed by atoms with E-state index in [2.05, 4.69) is 27.2 Å². The molecule has 0 aliphatic rings.